The number of aliphatic hydroxyl groups excluding tert-OH is 1. The summed E-state index contributed by atoms with van der Waals surface area (Å²) in [5.74, 6) is 4.89. The van der Waals surface area contributed by atoms with Crippen LogP contribution >= 0.6 is 23.2 Å². The van der Waals surface area contributed by atoms with E-state index in [0.29, 0.717) is 29.5 Å². The lowest BCUT2D eigenvalue weighted by atomic mass is 9.91. The van der Waals surface area contributed by atoms with E-state index >= 15 is 0 Å². The van der Waals surface area contributed by atoms with E-state index in [0.717, 1.165) is 200 Å². The molecule has 0 aliphatic carbocycles. The van der Waals surface area contributed by atoms with E-state index < -0.39 is 6.10 Å². The average molecular weight is 1640 g/mol. The first kappa shape index (κ1) is 88.6. The molecule has 0 amide bonds. The number of nitrogens with zero attached hydrogens (tertiary/aromatic N) is 8. The Hall–Kier alpha value is -9.64. The number of hydrogen-bond donors (Lipinski definition) is 4. The summed E-state index contributed by atoms with van der Waals surface area (Å²) in [5, 5.41) is 21.7. The first-order valence-electron chi connectivity index (χ1n) is 43.5. The van der Waals surface area contributed by atoms with Crippen LogP contribution in [0, 0.1) is 57.1 Å². The maximum Gasteiger partial charge on any atom is 0.167 e. The Kier molecular flexibility index (Phi) is 34.9. The predicted molar refractivity (Wildman–Crippen MR) is 485 cm³/mol. The van der Waals surface area contributed by atoms with Gasteiger partial charge < -0.3 is 21.1 Å². The van der Waals surface area contributed by atoms with Crippen molar-refractivity contribution < 1.29 is 13.9 Å². The molecule has 15 rings (SSSR count). The van der Waals surface area contributed by atoms with E-state index in [-0.39, 0.29) is 11.6 Å². The molecule has 4 N–H and O–H groups in total. The van der Waals surface area contributed by atoms with Gasteiger partial charge in [0.2, 0.25) is 0 Å². The molecule has 12 nitrogen and oxygen atoms in total. The van der Waals surface area contributed by atoms with Gasteiger partial charge in [0, 0.05) is 70.4 Å². The maximum absolute atomic E-state index is 14.6. The number of nitrogens with one attached hydrogen (secondary N) is 3. The van der Waals surface area contributed by atoms with Gasteiger partial charge in [0.15, 0.2) is 11.6 Å². The second-order valence-corrected chi connectivity index (χ2v) is 33.6. The van der Waals surface area contributed by atoms with E-state index in [1.165, 1.54) is 139 Å². The number of aryl methyl sites for hydroxylation is 15. The molecule has 7 heterocycles. The topological polar surface area (TPSA) is 159 Å². The van der Waals surface area contributed by atoms with Gasteiger partial charge in [0.05, 0.1) is 29.9 Å². The molecule has 3 fully saturated rings. The summed E-state index contributed by atoms with van der Waals surface area (Å²) >= 11 is 12.5. The monoisotopic (exact) mass is 1630 g/mol. The third-order valence-corrected chi connectivity index (χ3v) is 24.2. The number of piperidine rings is 3. The smallest absolute Gasteiger partial charge is 0.167 e. The van der Waals surface area contributed by atoms with Crippen molar-refractivity contribution >= 4 is 23.2 Å². The van der Waals surface area contributed by atoms with Crippen LogP contribution in [0.1, 0.15) is 187 Å². The number of halogens is 4. The minimum Gasteiger partial charge on any atom is -0.389 e. The molecule has 4 aromatic heterocycles. The number of rotatable bonds is 30. The van der Waals surface area contributed by atoms with Gasteiger partial charge in [-0.15, -0.1) is 0 Å². The lowest BCUT2D eigenvalue weighted by Crippen LogP contribution is -2.27. The number of aromatic nitrogens is 8. The van der Waals surface area contributed by atoms with Crippen molar-refractivity contribution in [3.63, 3.8) is 0 Å². The van der Waals surface area contributed by atoms with E-state index in [9.17, 15) is 13.9 Å². The molecule has 0 radical (unpaired) electrons. The molecule has 3 aliphatic heterocycles. The Labute approximate surface area is 715 Å². The largest absolute Gasteiger partial charge is 0.389 e. The quantitative estimate of drug-likeness (QED) is 0.0338. The zero-order chi connectivity index (χ0) is 82.9. The lowest BCUT2D eigenvalue weighted by Gasteiger charge is -2.22. The third kappa shape index (κ3) is 29.1. The summed E-state index contributed by atoms with van der Waals surface area (Å²) in [6, 6.07) is 66.9. The van der Waals surface area contributed by atoms with Gasteiger partial charge in [0.25, 0.3) is 0 Å². The SMILES string of the molecule is Cc1ccc(CCCc2ncc(F)c(-c3cccc(CCC4CCNCC4)c3)n2)cc1.Cc1ccc(CCCc2ncc(F)c(-c3cccc(CCC4CCNCC4)c3)n2)cc1Cl.Cc1ccc(CCCc2nccc(-c3cccc(C(C)O)c3)n2)cc1.Cc1ccc(CCCc2nccc(-c3cccc(CCC4CCNCC4)c3)n2)cc1Cl. The Morgan fingerprint density at radius 3 is 1.06 bits per heavy atom. The summed E-state index contributed by atoms with van der Waals surface area (Å²) in [4.78, 5) is 36.1. The molecule has 3 aliphatic rings. The van der Waals surface area contributed by atoms with E-state index in [4.69, 9.17) is 33.2 Å². The molecule has 1 atom stereocenters. The van der Waals surface area contributed by atoms with E-state index in [1.54, 1.807) is 6.92 Å². The van der Waals surface area contributed by atoms with Crippen LogP contribution < -0.4 is 16.0 Å². The van der Waals surface area contributed by atoms with Crippen molar-refractivity contribution in [2.45, 2.75) is 195 Å². The second kappa shape index (κ2) is 46.8. The average Bonchev–Trinajstić information content (AvgIpc) is 0.830. The fourth-order valence-corrected chi connectivity index (χ4v) is 16.3. The highest BCUT2D eigenvalue weighted by atomic mass is 35.5. The van der Waals surface area contributed by atoms with Gasteiger partial charge in [-0.3, -0.25) is 0 Å². The molecule has 0 spiro atoms. The van der Waals surface area contributed by atoms with Crippen LogP contribution in [0.5, 0.6) is 0 Å². The molecule has 0 saturated carbocycles. The first-order valence-corrected chi connectivity index (χ1v) is 44.3. The van der Waals surface area contributed by atoms with E-state index in [2.05, 4.69) is 181 Å². The first-order chi connectivity index (χ1) is 58.0. The fourth-order valence-electron chi connectivity index (χ4n) is 15.9. The second-order valence-electron chi connectivity index (χ2n) is 32.8. The predicted octanol–water partition coefficient (Wildman–Crippen LogP) is 22.9. The van der Waals surface area contributed by atoms with Crippen molar-refractivity contribution in [1.82, 2.24) is 55.8 Å². The molecule has 3 saturated heterocycles. The van der Waals surface area contributed by atoms with Crippen LogP contribution in [0.25, 0.3) is 45.0 Å². The van der Waals surface area contributed by atoms with Crippen molar-refractivity contribution in [3.05, 3.63) is 331 Å². The fraction of sp³-hybridized carbons (Fsp3) is 0.379. The molecule has 1 unspecified atom stereocenters. The molecule has 16 heteroatoms. The van der Waals surface area contributed by atoms with Crippen molar-refractivity contribution in [1.29, 1.82) is 0 Å². The summed E-state index contributed by atoms with van der Waals surface area (Å²) in [7, 11) is 0. The van der Waals surface area contributed by atoms with Crippen molar-refractivity contribution in [3.8, 4) is 45.0 Å². The van der Waals surface area contributed by atoms with Crippen LogP contribution in [0.3, 0.4) is 0 Å². The molecule has 620 valence electrons. The van der Waals surface area contributed by atoms with Crippen LogP contribution in [0.4, 0.5) is 8.78 Å². The molecule has 12 aromatic rings. The zero-order valence-electron chi connectivity index (χ0n) is 70.3. The Morgan fingerprint density at radius 2 is 0.681 bits per heavy atom. The normalized spacial score (nSPS) is 14.1. The summed E-state index contributed by atoms with van der Waals surface area (Å²) in [6.45, 7) is 16.9. The van der Waals surface area contributed by atoms with Crippen LogP contribution in [-0.2, 0) is 70.6 Å². The number of hydrogen-bond acceptors (Lipinski definition) is 12. The summed E-state index contributed by atoms with van der Waals surface area (Å²) in [6.07, 6.45) is 31.3. The standard InChI is InChI=1S/C27H31ClFN3.C27H32ClN3.C27H32FN3.C22H24N2O/c1-19-8-9-22(17-24(19)28)5-3-7-26-31-18-25(29)27(32-26)23-6-2-4-21(16-23)11-10-20-12-14-30-15-13-20;1-20-8-9-23(19-25(20)28)5-3-7-27-30-17-14-26(31-27)24-6-2-4-22(18-24)11-10-21-12-15-29-16-13-21;1-20-8-10-21(11-9-20)4-3-7-26-30-19-25(28)27(31-26)24-6-2-5-23(18-24)13-12-22-14-16-29-17-15-22;1-16-9-11-18(12-10-16)5-3-8-22-23-14-13-21(24-22)20-7-4-6-19(15-20)17(2)25/h2,4,6,8-9,16-18,20,30H,3,5,7,10-15H2,1H3;2,4,6,8-9,14,17-19,21,29H,3,5,7,10-13,15-16H2,1H3;2,5-6,8-11,18-19,22,29H,3-4,7,12-17H2,1H3;4,6-7,9-15,17,25H,3,5,8H2,1-2H3. The molecule has 8 aromatic carbocycles. The lowest BCUT2D eigenvalue weighted by molar-refractivity contribution is 0.199. The van der Waals surface area contributed by atoms with Crippen LogP contribution in [0.2, 0.25) is 10.0 Å². The van der Waals surface area contributed by atoms with Gasteiger partial charge in [-0.05, 0) is 324 Å². The van der Waals surface area contributed by atoms with Gasteiger partial charge in [-0.2, -0.15) is 0 Å². The van der Waals surface area contributed by atoms with Crippen LogP contribution in [0.15, 0.2) is 219 Å². The number of benzene rings is 8. The van der Waals surface area contributed by atoms with Crippen molar-refractivity contribution in [2.75, 3.05) is 39.3 Å². The Bertz CT molecular complexity index is 5120. The third-order valence-electron chi connectivity index (χ3n) is 23.4. The maximum atomic E-state index is 14.6. The van der Waals surface area contributed by atoms with E-state index in [1.807, 2.05) is 99.0 Å². The van der Waals surface area contributed by atoms with Gasteiger partial charge in [0.1, 0.15) is 34.7 Å². The van der Waals surface area contributed by atoms with Gasteiger partial charge in [-0.1, -0.05) is 180 Å². The van der Waals surface area contributed by atoms with Crippen molar-refractivity contribution in [2.24, 2.45) is 17.8 Å². The Balaban J connectivity index is 0.000000146. The Morgan fingerprint density at radius 1 is 0.353 bits per heavy atom. The highest BCUT2D eigenvalue weighted by molar-refractivity contribution is 6.31. The zero-order valence-corrected chi connectivity index (χ0v) is 71.9. The molecule has 0 bridgehead atoms. The minimum absolute atomic E-state index is 0.349. The summed E-state index contributed by atoms with van der Waals surface area (Å²) in [5.41, 5.74) is 21.4. The highest BCUT2D eigenvalue weighted by Crippen LogP contribution is 2.31. The molecular formula is C103H119Cl2F2N11O. The molecule has 119 heavy (non-hydrogen) atoms. The minimum atomic E-state index is -0.476. The van der Waals surface area contributed by atoms with Crippen LogP contribution in [-0.4, -0.2) is 84.2 Å². The van der Waals surface area contributed by atoms with Gasteiger partial charge in [-0.25, -0.2) is 48.7 Å². The highest BCUT2D eigenvalue weighted by Gasteiger charge is 2.19. The molecular weight excluding hydrogens is 1520 g/mol. The number of aliphatic hydroxyl groups is 1. The summed E-state index contributed by atoms with van der Waals surface area (Å²) < 4.78 is 29.1. The van der Waals surface area contributed by atoms with Gasteiger partial charge >= 0.3 is 0 Å².